The van der Waals surface area contributed by atoms with E-state index < -0.39 is 29.1 Å². The molecule has 0 unspecified atom stereocenters. The molecule has 1 fully saturated rings. The van der Waals surface area contributed by atoms with E-state index in [4.69, 9.17) is 5.11 Å². The van der Waals surface area contributed by atoms with Crippen LogP contribution in [0.25, 0.3) is 10.9 Å². The molecular formula is C18H21F2N3O4. The molecule has 2 aromatic rings. The standard InChI is InChI=1S/C18H21F2N3O4/c1-10(2)22-15-6-5-12(23(26)27)7-13(15)14(8-16(22)25)21-17(11-3-4-11)18(19,20)9-24/h5-8,10-11,17,21,24H,3-4,9H2,1-2H3/t17-/m0/s1. The number of aliphatic hydroxyl groups excluding tert-OH is 1. The third kappa shape index (κ3) is 3.64. The number of nitrogens with zero attached hydrogens (tertiary/aromatic N) is 2. The number of nitro groups is 1. The van der Waals surface area contributed by atoms with Gasteiger partial charge in [0, 0.05) is 35.3 Å². The maximum absolute atomic E-state index is 14.2. The third-order valence-electron chi connectivity index (χ3n) is 4.83. The van der Waals surface area contributed by atoms with Gasteiger partial charge in [0.2, 0.25) is 0 Å². The molecule has 146 valence electrons. The second kappa shape index (κ2) is 6.88. The number of non-ortho nitro benzene ring substituents is 1. The first-order chi connectivity index (χ1) is 12.7. The van der Waals surface area contributed by atoms with E-state index in [0.717, 1.165) is 0 Å². The SMILES string of the molecule is CC(C)n1c(=O)cc(N[C@@H](C2CC2)C(F)(F)CO)c2cc([N+](=O)[O-])ccc21. The van der Waals surface area contributed by atoms with Crippen LogP contribution in [-0.4, -0.2) is 33.2 Å². The Morgan fingerprint density at radius 2 is 2.04 bits per heavy atom. The van der Waals surface area contributed by atoms with Crippen molar-refractivity contribution in [2.75, 3.05) is 11.9 Å². The third-order valence-corrected chi connectivity index (χ3v) is 4.83. The van der Waals surface area contributed by atoms with Gasteiger partial charge < -0.3 is 15.0 Å². The molecular weight excluding hydrogens is 360 g/mol. The summed E-state index contributed by atoms with van der Waals surface area (Å²) in [5.41, 5.74) is -0.0554. The lowest BCUT2D eigenvalue weighted by atomic mass is 10.0. The lowest BCUT2D eigenvalue weighted by Crippen LogP contribution is -2.44. The number of rotatable bonds is 7. The molecule has 1 aromatic heterocycles. The topological polar surface area (TPSA) is 97.4 Å². The zero-order valence-electron chi connectivity index (χ0n) is 15.0. The fourth-order valence-electron chi connectivity index (χ4n) is 3.37. The summed E-state index contributed by atoms with van der Waals surface area (Å²) in [7, 11) is 0. The van der Waals surface area contributed by atoms with Gasteiger partial charge >= 0.3 is 0 Å². The Morgan fingerprint density at radius 3 is 2.56 bits per heavy atom. The summed E-state index contributed by atoms with van der Waals surface area (Å²) in [5.74, 6) is -3.70. The minimum absolute atomic E-state index is 0.112. The first kappa shape index (κ1) is 19.2. The van der Waals surface area contributed by atoms with Crippen molar-refractivity contribution in [3.8, 4) is 0 Å². The number of hydrogen-bond acceptors (Lipinski definition) is 5. The second-order valence-corrected chi connectivity index (χ2v) is 7.20. The number of pyridine rings is 1. The summed E-state index contributed by atoms with van der Waals surface area (Å²) in [6.07, 6.45) is 1.18. The maximum Gasteiger partial charge on any atom is 0.290 e. The zero-order chi connectivity index (χ0) is 19.9. The van der Waals surface area contributed by atoms with Gasteiger partial charge in [-0.2, -0.15) is 0 Å². The molecule has 1 aliphatic rings. The first-order valence-electron chi connectivity index (χ1n) is 8.74. The Morgan fingerprint density at radius 1 is 1.37 bits per heavy atom. The molecule has 1 heterocycles. The highest BCUT2D eigenvalue weighted by Gasteiger charge is 2.48. The van der Waals surface area contributed by atoms with Crippen molar-refractivity contribution in [3.63, 3.8) is 0 Å². The van der Waals surface area contributed by atoms with E-state index in [1.165, 1.54) is 28.8 Å². The van der Waals surface area contributed by atoms with E-state index in [1.807, 2.05) is 0 Å². The average Bonchev–Trinajstić information content (AvgIpc) is 3.43. The Balaban J connectivity index is 2.19. The Labute approximate surface area is 153 Å². The molecule has 0 aliphatic heterocycles. The number of halogens is 2. The maximum atomic E-state index is 14.2. The molecule has 0 spiro atoms. The molecule has 1 aliphatic carbocycles. The van der Waals surface area contributed by atoms with Crippen molar-refractivity contribution in [2.45, 2.75) is 44.7 Å². The number of alkyl halides is 2. The van der Waals surface area contributed by atoms with Crippen LogP contribution in [0.1, 0.15) is 32.7 Å². The molecule has 0 bridgehead atoms. The largest absolute Gasteiger partial charge is 0.390 e. The molecule has 1 atom stereocenters. The fourth-order valence-corrected chi connectivity index (χ4v) is 3.37. The monoisotopic (exact) mass is 381 g/mol. The summed E-state index contributed by atoms with van der Waals surface area (Å²) in [6.45, 7) is 2.27. The average molecular weight is 381 g/mol. The quantitative estimate of drug-likeness (QED) is 0.566. The van der Waals surface area contributed by atoms with E-state index >= 15 is 0 Å². The minimum atomic E-state index is -3.37. The van der Waals surface area contributed by atoms with Gasteiger partial charge in [0.05, 0.1) is 16.5 Å². The van der Waals surface area contributed by atoms with Crippen molar-refractivity contribution in [1.82, 2.24) is 4.57 Å². The number of fused-ring (bicyclic) bond motifs is 1. The van der Waals surface area contributed by atoms with Crippen molar-refractivity contribution in [3.05, 3.63) is 44.7 Å². The van der Waals surface area contributed by atoms with Crippen LogP contribution in [-0.2, 0) is 0 Å². The van der Waals surface area contributed by atoms with Crippen LogP contribution in [0, 0.1) is 16.0 Å². The highest BCUT2D eigenvalue weighted by Crippen LogP contribution is 2.42. The molecule has 0 amide bonds. The molecule has 27 heavy (non-hydrogen) atoms. The van der Waals surface area contributed by atoms with Gasteiger partial charge in [-0.15, -0.1) is 0 Å². The van der Waals surface area contributed by atoms with Crippen LogP contribution in [0.15, 0.2) is 29.1 Å². The highest BCUT2D eigenvalue weighted by atomic mass is 19.3. The van der Waals surface area contributed by atoms with Gasteiger partial charge in [-0.1, -0.05) is 0 Å². The predicted molar refractivity (Wildman–Crippen MR) is 97.4 cm³/mol. The van der Waals surface area contributed by atoms with Crippen molar-refractivity contribution < 1.29 is 18.8 Å². The highest BCUT2D eigenvalue weighted by molar-refractivity contribution is 5.93. The van der Waals surface area contributed by atoms with Crippen LogP contribution in [0.2, 0.25) is 0 Å². The summed E-state index contributed by atoms with van der Waals surface area (Å²) in [4.78, 5) is 23.1. The van der Waals surface area contributed by atoms with Crippen LogP contribution in [0.5, 0.6) is 0 Å². The molecule has 0 saturated heterocycles. The summed E-state index contributed by atoms with van der Waals surface area (Å²) < 4.78 is 29.9. The van der Waals surface area contributed by atoms with Gasteiger partial charge in [-0.25, -0.2) is 8.78 Å². The van der Waals surface area contributed by atoms with E-state index in [1.54, 1.807) is 13.8 Å². The van der Waals surface area contributed by atoms with Crippen molar-refractivity contribution in [1.29, 1.82) is 0 Å². The predicted octanol–water partition coefficient (Wildman–Crippen LogP) is 3.31. The Hall–Kier alpha value is -2.55. The number of aromatic nitrogens is 1. The fraction of sp³-hybridized carbons (Fsp3) is 0.500. The van der Waals surface area contributed by atoms with Crippen LogP contribution in [0.3, 0.4) is 0 Å². The molecule has 1 saturated carbocycles. The zero-order valence-corrected chi connectivity index (χ0v) is 15.0. The lowest BCUT2D eigenvalue weighted by molar-refractivity contribution is -0.384. The second-order valence-electron chi connectivity index (χ2n) is 7.20. The summed E-state index contributed by atoms with van der Waals surface area (Å²) >= 11 is 0. The molecule has 1 aromatic carbocycles. The number of hydrogen-bond donors (Lipinski definition) is 2. The number of aliphatic hydroxyl groups is 1. The Kier molecular flexibility index (Phi) is 4.90. The lowest BCUT2D eigenvalue weighted by Gasteiger charge is -2.28. The van der Waals surface area contributed by atoms with Gasteiger partial charge in [-0.05, 0) is 38.7 Å². The van der Waals surface area contributed by atoms with Crippen molar-refractivity contribution in [2.24, 2.45) is 5.92 Å². The first-order valence-corrected chi connectivity index (χ1v) is 8.74. The number of benzene rings is 1. The summed E-state index contributed by atoms with van der Waals surface area (Å²) in [6, 6.07) is 3.64. The number of anilines is 1. The molecule has 3 rings (SSSR count). The number of nitrogens with one attached hydrogen (secondary N) is 1. The van der Waals surface area contributed by atoms with Gasteiger partial charge in [-0.3, -0.25) is 14.9 Å². The Bertz CT molecular complexity index is 938. The smallest absolute Gasteiger partial charge is 0.290 e. The van der Waals surface area contributed by atoms with Crippen LogP contribution in [0.4, 0.5) is 20.2 Å². The van der Waals surface area contributed by atoms with Gasteiger partial charge in [0.15, 0.2) is 0 Å². The van der Waals surface area contributed by atoms with E-state index in [2.05, 4.69) is 5.32 Å². The van der Waals surface area contributed by atoms with E-state index in [0.29, 0.717) is 23.7 Å². The van der Waals surface area contributed by atoms with E-state index in [-0.39, 0.29) is 23.3 Å². The van der Waals surface area contributed by atoms with Crippen molar-refractivity contribution >= 4 is 22.3 Å². The molecule has 2 N–H and O–H groups in total. The normalized spacial score (nSPS) is 15.9. The van der Waals surface area contributed by atoms with Gasteiger partial charge in [0.25, 0.3) is 17.2 Å². The minimum Gasteiger partial charge on any atom is -0.390 e. The molecule has 0 radical (unpaired) electrons. The number of nitro benzene ring substituents is 1. The van der Waals surface area contributed by atoms with Crippen LogP contribution >= 0.6 is 0 Å². The van der Waals surface area contributed by atoms with E-state index in [9.17, 15) is 23.7 Å². The van der Waals surface area contributed by atoms with Gasteiger partial charge in [0.1, 0.15) is 6.61 Å². The molecule has 9 heteroatoms. The summed E-state index contributed by atoms with van der Waals surface area (Å²) in [5, 5.41) is 23.2. The molecule has 7 nitrogen and oxygen atoms in total. The van der Waals surface area contributed by atoms with Crippen LogP contribution < -0.4 is 10.9 Å².